The van der Waals surface area contributed by atoms with Gasteiger partial charge < -0.3 is 39.1 Å². The van der Waals surface area contributed by atoms with Gasteiger partial charge >= 0.3 is 12.2 Å². The number of aromatic nitrogens is 4. The lowest BCUT2D eigenvalue weighted by molar-refractivity contribution is -0.364. The third kappa shape index (κ3) is 8.75. The van der Waals surface area contributed by atoms with Crippen molar-refractivity contribution < 1.29 is 47.1 Å². The number of halogens is 2. The number of ether oxygens (including phenoxy) is 4. The molecule has 15 nitrogen and oxygen atoms in total. The van der Waals surface area contributed by atoms with Gasteiger partial charge in [-0.3, -0.25) is 9.69 Å². The first-order valence-corrected chi connectivity index (χ1v) is 21.7. The van der Waals surface area contributed by atoms with Crippen LogP contribution in [0.5, 0.6) is 0 Å². The van der Waals surface area contributed by atoms with Crippen molar-refractivity contribution >= 4 is 35.3 Å². The fourth-order valence-electron chi connectivity index (χ4n) is 9.06. The number of alkyl halides is 2. The van der Waals surface area contributed by atoms with Gasteiger partial charge in [0, 0.05) is 36.9 Å². The third-order valence-corrected chi connectivity index (χ3v) is 12.9. The summed E-state index contributed by atoms with van der Waals surface area (Å²) < 4.78 is 54.0. The third-order valence-electron chi connectivity index (χ3n) is 12.9. The van der Waals surface area contributed by atoms with E-state index < -0.39 is 30.1 Å². The molecule has 4 N–H and O–H groups in total. The zero-order valence-corrected chi connectivity index (χ0v) is 36.9. The Morgan fingerprint density at radius 3 is 2.30 bits per heavy atom. The van der Waals surface area contributed by atoms with Crippen LogP contribution in [-0.2, 0) is 29.7 Å². The molecule has 3 aliphatic rings. The van der Waals surface area contributed by atoms with Crippen molar-refractivity contribution in [3.8, 4) is 33.5 Å². The monoisotopic (exact) mass is 881 g/mol. The number of rotatable bonds is 14. The highest BCUT2D eigenvalue weighted by Crippen LogP contribution is 2.53. The van der Waals surface area contributed by atoms with Gasteiger partial charge in [0.2, 0.25) is 5.91 Å². The molecule has 2 saturated heterocycles. The Balaban J connectivity index is 0.972. The van der Waals surface area contributed by atoms with Crippen LogP contribution in [0.2, 0.25) is 0 Å². The topological polar surface area (TPSA) is 178 Å². The largest absolute Gasteiger partial charge is 0.594 e. The van der Waals surface area contributed by atoms with Gasteiger partial charge in [0.15, 0.2) is 6.21 Å². The average Bonchev–Trinajstić information content (AvgIpc) is 4.16. The molecule has 4 heterocycles. The molecular weight excluding hydrogens is 827 g/mol. The molecule has 17 heteroatoms. The number of carbonyl (C=O) groups is 3. The normalized spacial score (nSPS) is 19.5. The predicted molar refractivity (Wildman–Crippen MR) is 234 cm³/mol. The maximum Gasteiger partial charge on any atom is 0.594 e. The van der Waals surface area contributed by atoms with Gasteiger partial charge in [-0.05, 0) is 85.0 Å². The van der Waals surface area contributed by atoms with E-state index >= 15 is 8.78 Å². The molecule has 0 radical (unpaired) electrons. The highest BCUT2D eigenvalue weighted by Gasteiger charge is 2.45. The van der Waals surface area contributed by atoms with Crippen molar-refractivity contribution in [3.05, 3.63) is 83.6 Å². The molecule has 2 aromatic heterocycles. The molecule has 0 spiro atoms. The lowest BCUT2D eigenvalue weighted by Gasteiger charge is -2.27. The lowest BCUT2D eigenvalue weighted by Crippen LogP contribution is -2.75. The second-order valence-electron chi connectivity index (χ2n) is 17.0. The van der Waals surface area contributed by atoms with E-state index in [1.807, 2.05) is 44.2 Å². The van der Waals surface area contributed by atoms with Crippen molar-refractivity contribution in [2.45, 2.75) is 76.6 Å². The van der Waals surface area contributed by atoms with Crippen LogP contribution >= 0.6 is 0 Å². The van der Waals surface area contributed by atoms with Gasteiger partial charge in [-0.2, -0.15) is 13.6 Å². The van der Waals surface area contributed by atoms with E-state index in [1.165, 1.54) is 27.5 Å². The minimum absolute atomic E-state index is 0.0303. The molecule has 64 heavy (non-hydrogen) atoms. The molecule has 0 saturated carbocycles. The number of nitrogens with one attached hydrogen (secondary N) is 4. The maximum absolute atomic E-state index is 16.5. The number of amides is 3. The molecular formula is C47H55F2N8O7+. The number of fused-ring (bicyclic) bond motifs is 4. The maximum atomic E-state index is 16.5. The Bertz CT molecular complexity index is 2560. The van der Waals surface area contributed by atoms with Crippen LogP contribution in [-0.4, -0.2) is 114 Å². The summed E-state index contributed by atoms with van der Waals surface area (Å²) in [5.41, 5.74) is 4.89. The summed E-state index contributed by atoms with van der Waals surface area (Å²) in [4.78, 5) is 60.2. The molecule has 2 aliphatic heterocycles. The minimum atomic E-state index is -3.25. The number of aromatic amines is 2. The number of alkyl carbamates (subject to hydrolysis) is 1. The predicted octanol–water partition coefficient (Wildman–Crippen LogP) is 6.46. The number of hydrogen-bond donors (Lipinski definition) is 4. The van der Waals surface area contributed by atoms with Crippen molar-refractivity contribution in [2.75, 3.05) is 47.8 Å². The summed E-state index contributed by atoms with van der Waals surface area (Å²) in [7, 11) is 4.09. The molecule has 0 bridgehead atoms. The summed E-state index contributed by atoms with van der Waals surface area (Å²) in [6, 6.07) is 15.4. The van der Waals surface area contributed by atoms with E-state index in [1.54, 1.807) is 42.3 Å². The molecule has 2 fully saturated rings. The lowest BCUT2D eigenvalue weighted by atomic mass is 9.98. The summed E-state index contributed by atoms with van der Waals surface area (Å²) in [5.74, 6) is -2.71. The van der Waals surface area contributed by atoms with Crippen molar-refractivity contribution in [1.82, 2.24) is 35.1 Å². The molecule has 1 aliphatic carbocycles. The number of imidazole rings is 2. The van der Waals surface area contributed by atoms with E-state index in [-0.39, 0.29) is 41.1 Å². The highest BCUT2D eigenvalue weighted by molar-refractivity contribution is 5.94. The zero-order chi connectivity index (χ0) is 45.3. The van der Waals surface area contributed by atoms with Crippen LogP contribution in [0.15, 0.2) is 60.8 Å². The standard InChI is InChI=1S/C47H54F2N8O7/c1-26(2)39(55-46(60)63-6)24-64-25-56-17-7-9-40(56)42-50-23-38(54-42)30-12-15-32-31-14-11-28(19-34(31)47(48,49)35(32)20-30)29-13-16-36-37(21-29)53-43(52-36)41-10-8-18-57(41)44(58)33(27(3)61-4)22-51-45(59)62-5/h11-16,19-23,26-27,33,39-41H,7-10,17-18,24-25H2,1-6H3,(H,50,54)(H,52,53)(H,55,60)/p+1/b51-22-/t27-,33?,39?,40+,41+/m1/s1. The zero-order valence-electron chi connectivity index (χ0n) is 36.9. The van der Waals surface area contributed by atoms with Crippen molar-refractivity contribution in [3.63, 3.8) is 0 Å². The van der Waals surface area contributed by atoms with Crippen LogP contribution in [0.1, 0.15) is 81.3 Å². The van der Waals surface area contributed by atoms with Crippen molar-refractivity contribution in [1.29, 1.82) is 0 Å². The quantitative estimate of drug-likeness (QED) is 0.0905. The smallest absolute Gasteiger partial charge is 0.453 e. The molecule has 3 amide bonds. The van der Waals surface area contributed by atoms with Crippen LogP contribution in [0.4, 0.5) is 18.4 Å². The molecule has 5 atom stereocenters. The number of likely N-dealkylation sites (tertiary alicyclic amines) is 2. The van der Waals surface area contributed by atoms with Crippen LogP contribution in [0.25, 0.3) is 44.5 Å². The number of carbonyl (C=O) groups excluding carboxylic acids is 3. The number of methoxy groups -OCH3 is 3. The van der Waals surface area contributed by atoms with Crippen LogP contribution in [0.3, 0.4) is 0 Å². The van der Waals surface area contributed by atoms with Gasteiger partial charge in [0.05, 0.1) is 74.7 Å². The molecule has 5 aromatic rings. The van der Waals surface area contributed by atoms with Gasteiger partial charge in [-0.1, -0.05) is 44.2 Å². The average molecular weight is 882 g/mol. The first kappa shape index (κ1) is 44.6. The number of benzene rings is 3. The Morgan fingerprint density at radius 2 is 1.58 bits per heavy atom. The van der Waals surface area contributed by atoms with Gasteiger partial charge in [0.25, 0.3) is 5.92 Å². The second kappa shape index (κ2) is 18.6. The number of H-pyrrole nitrogens is 2. The fourth-order valence-corrected chi connectivity index (χ4v) is 9.06. The SMILES string of the molecule is COC(=O)NC(COCN1CCC[C@H]1c1ncc(-c2ccc3c(c2)C(F)(F)c2cc(-c4ccc5nc([C@@H]6CCCN6C(=O)C(/C=[NH+]\C(=O)OC)[C@@H](C)OC)[nH]c5c4)ccc2-3)[nH]1)C(C)C. The summed E-state index contributed by atoms with van der Waals surface area (Å²) in [5, 5.41) is 2.82. The minimum Gasteiger partial charge on any atom is -0.453 e. The van der Waals surface area contributed by atoms with E-state index in [0.717, 1.165) is 37.2 Å². The Kier molecular flexibility index (Phi) is 12.9. The first-order valence-electron chi connectivity index (χ1n) is 21.7. The van der Waals surface area contributed by atoms with E-state index in [4.69, 9.17) is 19.2 Å². The Labute approximate surface area is 369 Å². The van der Waals surface area contributed by atoms with E-state index in [2.05, 4.69) is 34.9 Å². The van der Waals surface area contributed by atoms with Gasteiger partial charge in [-0.25, -0.2) is 14.8 Å². The van der Waals surface area contributed by atoms with E-state index in [0.29, 0.717) is 71.1 Å². The van der Waals surface area contributed by atoms with Gasteiger partial charge in [-0.15, -0.1) is 4.99 Å². The highest BCUT2D eigenvalue weighted by atomic mass is 19.3. The summed E-state index contributed by atoms with van der Waals surface area (Å²) >= 11 is 0. The molecule has 8 rings (SSSR count). The van der Waals surface area contributed by atoms with Crippen molar-refractivity contribution in [2.24, 2.45) is 11.8 Å². The fraction of sp³-hybridized carbons (Fsp3) is 0.447. The summed E-state index contributed by atoms with van der Waals surface area (Å²) in [6.45, 7) is 7.78. The molecule has 338 valence electrons. The first-order chi connectivity index (χ1) is 30.8. The molecule has 3 aromatic carbocycles. The number of nitrogens with zero attached hydrogens (tertiary/aromatic N) is 4. The number of hydrogen-bond acceptors (Lipinski definition) is 10. The van der Waals surface area contributed by atoms with E-state index in [9.17, 15) is 14.4 Å². The van der Waals surface area contributed by atoms with Crippen LogP contribution in [0, 0.1) is 11.8 Å². The van der Waals surface area contributed by atoms with Crippen LogP contribution < -0.4 is 10.3 Å². The second-order valence-corrected chi connectivity index (χ2v) is 17.0. The Morgan fingerprint density at radius 1 is 0.891 bits per heavy atom. The molecule has 2 unspecified atom stereocenters. The van der Waals surface area contributed by atoms with Gasteiger partial charge in [0.1, 0.15) is 17.6 Å². The Hall–Kier alpha value is -6.04. The summed E-state index contributed by atoms with van der Waals surface area (Å²) in [6.07, 6.45) is 4.68.